The Bertz CT molecular complexity index is 956. The first-order valence-corrected chi connectivity index (χ1v) is 11.3. The molecule has 1 aromatic heterocycles. The molecule has 1 aliphatic heterocycles. The van der Waals surface area contributed by atoms with Gasteiger partial charge in [0.25, 0.3) is 5.91 Å². The maximum atomic E-state index is 13.1. The van der Waals surface area contributed by atoms with Gasteiger partial charge in [0.15, 0.2) is 0 Å². The van der Waals surface area contributed by atoms with Crippen LogP contribution in [-0.2, 0) is 4.79 Å². The third-order valence-electron chi connectivity index (χ3n) is 5.61. The molecule has 1 saturated heterocycles. The van der Waals surface area contributed by atoms with E-state index in [1.54, 1.807) is 0 Å². The number of thiocarbonyl (C=S) groups is 1. The topological polar surface area (TPSA) is 25.2 Å². The van der Waals surface area contributed by atoms with Crippen molar-refractivity contribution in [3.8, 4) is 5.69 Å². The van der Waals surface area contributed by atoms with E-state index < -0.39 is 0 Å². The van der Waals surface area contributed by atoms with Gasteiger partial charge in [-0.05, 0) is 68.7 Å². The summed E-state index contributed by atoms with van der Waals surface area (Å²) in [4.78, 5) is 15.7. The monoisotopic (exact) mass is 430 g/mol. The first-order valence-electron chi connectivity index (χ1n) is 9.67. The summed E-state index contributed by atoms with van der Waals surface area (Å²) in [7, 11) is 0. The van der Waals surface area contributed by atoms with Crippen molar-refractivity contribution >= 4 is 51.9 Å². The Kier molecular flexibility index (Phi) is 5.68. The highest BCUT2D eigenvalue weighted by Crippen LogP contribution is 2.38. The van der Waals surface area contributed by atoms with Gasteiger partial charge in [-0.3, -0.25) is 9.69 Å². The lowest BCUT2D eigenvalue weighted by atomic mass is 9.94. The van der Waals surface area contributed by atoms with Crippen molar-refractivity contribution in [1.82, 2.24) is 9.47 Å². The molecule has 3 nitrogen and oxygen atoms in total. The fourth-order valence-corrected chi connectivity index (χ4v) is 5.71. The average Bonchev–Trinajstić information content (AvgIpc) is 3.12. The predicted octanol–water partition coefficient (Wildman–Crippen LogP) is 6.28. The van der Waals surface area contributed by atoms with E-state index in [1.807, 2.05) is 35.2 Å². The summed E-state index contributed by atoms with van der Waals surface area (Å²) in [6, 6.07) is 10.2. The second-order valence-electron chi connectivity index (χ2n) is 7.48. The van der Waals surface area contributed by atoms with Crippen molar-refractivity contribution in [2.45, 2.75) is 52.0 Å². The normalized spacial score (nSPS) is 19.8. The van der Waals surface area contributed by atoms with Crippen molar-refractivity contribution in [3.63, 3.8) is 0 Å². The van der Waals surface area contributed by atoms with Crippen molar-refractivity contribution in [2.24, 2.45) is 0 Å². The molecule has 0 unspecified atom stereocenters. The second-order valence-corrected chi connectivity index (χ2v) is 9.59. The van der Waals surface area contributed by atoms with E-state index >= 15 is 0 Å². The molecule has 2 aromatic rings. The Hall–Kier alpha value is -1.56. The number of thioether (sulfide) groups is 1. The lowest BCUT2D eigenvalue weighted by Crippen LogP contribution is -2.39. The fourth-order valence-electron chi connectivity index (χ4n) is 4.20. The van der Waals surface area contributed by atoms with Gasteiger partial charge in [0.2, 0.25) is 0 Å². The summed E-state index contributed by atoms with van der Waals surface area (Å²) >= 11 is 13.0. The predicted molar refractivity (Wildman–Crippen MR) is 122 cm³/mol. The number of aromatic nitrogens is 1. The molecule has 2 fully saturated rings. The molecule has 0 radical (unpaired) electrons. The molecule has 1 aromatic carbocycles. The Morgan fingerprint density at radius 1 is 1.14 bits per heavy atom. The molecule has 4 rings (SSSR count). The fraction of sp³-hybridized carbons (Fsp3) is 0.364. The van der Waals surface area contributed by atoms with Gasteiger partial charge in [0.05, 0.1) is 4.91 Å². The van der Waals surface area contributed by atoms with Gasteiger partial charge in [-0.1, -0.05) is 54.8 Å². The molecule has 0 atom stereocenters. The maximum absolute atomic E-state index is 13.1. The van der Waals surface area contributed by atoms with Crippen LogP contribution in [0.15, 0.2) is 35.2 Å². The first kappa shape index (κ1) is 19.7. The smallest absolute Gasteiger partial charge is 0.266 e. The Morgan fingerprint density at radius 3 is 2.50 bits per heavy atom. The van der Waals surface area contributed by atoms with E-state index in [0.717, 1.165) is 45.4 Å². The van der Waals surface area contributed by atoms with E-state index in [0.29, 0.717) is 4.32 Å². The van der Waals surface area contributed by atoms with E-state index in [9.17, 15) is 4.79 Å². The number of benzene rings is 1. The first-order chi connectivity index (χ1) is 13.5. The maximum Gasteiger partial charge on any atom is 0.266 e. The van der Waals surface area contributed by atoms with E-state index in [2.05, 4.69) is 24.5 Å². The molecular weight excluding hydrogens is 408 g/mol. The van der Waals surface area contributed by atoms with Gasteiger partial charge >= 0.3 is 0 Å². The van der Waals surface area contributed by atoms with Gasteiger partial charge in [-0.25, -0.2) is 0 Å². The van der Waals surface area contributed by atoms with Gasteiger partial charge in [-0.2, -0.15) is 0 Å². The standard InChI is InChI=1S/C22H23ClN2OS2/c1-14-12-16(15(2)24(14)19-10-8-17(23)9-11-19)13-20-21(26)25(22(27)28-20)18-6-4-3-5-7-18/h8-13,18H,3-7H2,1-2H3/b20-13-. The van der Waals surface area contributed by atoms with Crippen LogP contribution in [0.25, 0.3) is 11.8 Å². The third-order valence-corrected chi connectivity index (χ3v) is 7.19. The number of hydrogen-bond acceptors (Lipinski definition) is 3. The van der Waals surface area contributed by atoms with Gasteiger partial charge in [0.1, 0.15) is 4.32 Å². The number of hydrogen-bond donors (Lipinski definition) is 0. The molecule has 2 aliphatic rings. The number of carbonyl (C=O) groups is 1. The molecule has 2 heterocycles. The van der Waals surface area contributed by atoms with Gasteiger partial charge in [0, 0.05) is 28.1 Å². The van der Waals surface area contributed by atoms with Crippen molar-refractivity contribution in [1.29, 1.82) is 0 Å². The molecule has 1 saturated carbocycles. The van der Waals surface area contributed by atoms with E-state index in [1.165, 1.54) is 31.0 Å². The highest BCUT2D eigenvalue weighted by molar-refractivity contribution is 8.26. The zero-order chi connectivity index (χ0) is 19.8. The zero-order valence-corrected chi connectivity index (χ0v) is 18.5. The van der Waals surface area contributed by atoms with Crippen molar-refractivity contribution in [3.05, 3.63) is 57.2 Å². The van der Waals surface area contributed by atoms with Crippen LogP contribution in [0.2, 0.25) is 5.02 Å². The van der Waals surface area contributed by atoms with Crippen LogP contribution in [-0.4, -0.2) is 25.7 Å². The van der Waals surface area contributed by atoms with Crippen LogP contribution >= 0.6 is 35.6 Å². The summed E-state index contributed by atoms with van der Waals surface area (Å²) in [5.41, 5.74) is 4.34. The largest absolute Gasteiger partial charge is 0.318 e. The summed E-state index contributed by atoms with van der Waals surface area (Å²) in [5, 5.41) is 0.720. The highest BCUT2D eigenvalue weighted by atomic mass is 35.5. The summed E-state index contributed by atoms with van der Waals surface area (Å²) in [5.74, 6) is 0.0678. The molecule has 0 spiro atoms. The minimum Gasteiger partial charge on any atom is -0.318 e. The Morgan fingerprint density at radius 2 is 1.82 bits per heavy atom. The molecule has 6 heteroatoms. The summed E-state index contributed by atoms with van der Waals surface area (Å²) < 4.78 is 2.89. The average molecular weight is 431 g/mol. The summed E-state index contributed by atoms with van der Waals surface area (Å²) in [6.07, 6.45) is 7.75. The highest BCUT2D eigenvalue weighted by Gasteiger charge is 2.37. The lowest BCUT2D eigenvalue weighted by Gasteiger charge is -2.29. The van der Waals surface area contributed by atoms with Gasteiger partial charge in [-0.15, -0.1) is 0 Å². The van der Waals surface area contributed by atoms with Gasteiger partial charge < -0.3 is 4.57 Å². The third kappa shape index (κ3) is 3.68. The molecular formula is C22H23ClN2OS2. The van der Waals surface area contributed by atoms with Crippen LogP contribution in [0.3, 0.4) is 0 Å². The molecule has 1 amide bonds. The van der Waals surface area contributed by atoms with E-state index in [-0.39, 0.29) is 11.9 Å². The SMILES string of the molecule is Cc1cc(/C=C2\SC(=S)N(C3CCCCC3)C2=O)c(C)n1-c1ccc(Cl)cc1. The van der Waals surface area contributed by atoms with E-state index in [4.69, 9.17) is 23.8 Å². The van der Waals surface area contributed by atoms with Crippen LogP contribution in [0.1, 0.15) is 49.1 Å². The van der Waals surface area contributed by atoms with Crippen LogP contribution in [0.5, 0.6) is 0 Å². The molecule has 28 heavy (non-hydrogen) atoms. The minimum absolute atomic E-state index is 0.0678. The van der Waals surface area contributed by atoms with Crippen LogP contribution in [0, 0.1) is 13.8 Å². The molecule has 0 N–H and O–H groups in total. The number of aryl methyl sites for hydroxylation is 1. The van der Waals surface area contributed by atoms with Crippen molar-refractivity contribution in [2.75, 3.05) is 0 Å². The number of halogens is 1. The Balaban J connectivity index is 1.64. The van der Waals surface area contributed by atoms with Crippen molar-refractivity contribution < 1.29 is 4.79 Å². The Labute approximate surface area is 180 Å². The zero-order valence-electron chi connectivity index (χ0n) is 16.1. The number of nitrogens with zero attached hydrogens (tertiary/aromatic N) is 2. The molecule has 0 bridgehead atoms. The molecule has 146 valence electrons. The summed E-state index contributed by atoms with van der Waals surface area (Å²) in [6.45, 7) is 4.15. The minimum atomic E-state index is 0.0678. The quantitative estimate of drug-likeness (QED) is 0.423. The molecule has 1 aliphatic carbocycles. The van der Waals surface area contributed by atoms with Crippen LogP contribution in [0.4, 0.5) is 0 Å². The number of rotatable bonds is 3. The second kappa shape index (κ2) is 8.05. The number of carbonyl (C=O) groups excluding carboxylic acids is 1. The lowest BCUT2D eigenvalue weighted by molar-refractivity contribution is -0.124. The number of amides is 1. The van der Waals surface area contributed by atoms with Crippen LogP contribution < -0.4 is 0 Å².